The van der Waals surface area contributed by atoms with E-state index in [0.717, 1.165) is 10.4 Å². The topological polar surface area (TPSA) is 73.2 Å². The Balaban J connectivity index is 1.85. The Morgan fingerprint density at radius 2 is 2.12 bits per heavy atom. The van der Waals surface area contributed by atoms with Crippen molar-refractivity contribution in [2.45, 2.75) is 6.54 Å². The molecule has 24 heavy (non-hydrogen) atoms. The monoisotopic (exact) mass is 343 g/mol. The maximum atomic E-state index is 12.6. The molecule has 124 valence electrons. The van der Waals surface area contributed by atoms with Crippen molar-refractivity contribution < 1.29 is 9.53 Å². The third-order valence-corrected chi connectivity index (χ3v) is 4.67. The molecule has 1 amide bonds. The van der Waals surface area contributed by atoms with Crippen molar-refractivity contribution in [3.05, 3.63) is 53.1 Å². The molecule has 0 radical (unpaired) electrons. The first-order valence-electron chi connectivity index (χ1n) is 7.49. The average molecular weight is 343 g/mol. The SMILES string of the molecule is COCCNC(=O)Cn1cnc2cc(-c3ccccc3)sc2c1=O. The molecular weight excluding hydrogens is 326 g/mol. The smallest absolute Gasteiger partial charge is 0.271 e. The van der Waals surface area contributed by atoms with Crippen molar-refractivity contribution in [3.8, 4) is 10.4 Å². The van der Waals surface area contributed by atoms with E-state index in [9.17, 15) is 9.59 Å². The molecule has 0 fully saturated rings. The summed E-state index contributed by atoms with van der Waals surface area (Å²) in [5, 5.41) is 2.69. The van der Waals surface area contributed by atoms with Gasteiger partial charge in [0, 0.05) is 18.5 Å². The van der Waals surface area contributed by atoms with Crippen molar-refractivity contribution >= 4 is 27.5 Å². The zero-order valence-electron chi connectivity index (χ0n) is 13.2. The van der Waals surface area contributed by atoms with Crippen LogP contribution in [-0.2, 0) is 16.1 Å². The number of nitrogens with zero attached hydrogens (tertiary/aromatic N) is 2. The number of rotatable bonds is 6. The third-order valence-electron chi connectivity index (χ3n) is 3.50. The highest BCUT2D eigenvalue weighted by atomic mass is 32.1. The van der Waals surface area contributed by atoms with Crippen LogP contribution in [0.2, 0.25) is 0 Å². The normalized spacial score (nSPS) is 10.9. The van der Waals surface area contributed by atoms with Crippen LogP contribution in [0.5, 0.6) is 0 Å². The lowest BCUT2D eigenvalue weighted by atomic mass is 10.2. The number of benzene rings is 1. The van der Waals surface area contributed by atoms with Gasteiger partial charge in [-0.15, -0.1) is 11.3 Å². The number of hydrogen-bond acceptors (Lipinski definition) is 5. The van der Waals surface area contributed by atoms with E-state index >= 15 is 0 Å². The lowest BCUT2D eigenvalue weighted by Gasteiger charge is -2.06. The largest absolute Gasteiger partial charge is 0.383 e. The number of carbonyl (C=O) groups is 1. The summed E-state index contributed by atoms with van der Waals surface area (Å²) < 4.78 is 6.76. The Kier molecular flexibility index (Phi) is 5.02. The summed E-state index contributed by atoms with van der Waals surface area (Å²) in [5.74, 6) is -0.241. The second-order valence-corrected chi connectivity index (χ2v) is 6.26. The maximum absolute atomic E-state index is 12.6. The number of hydrogen-bond donors (Lipinski definition) is 1. The van der Waals surface area contributed by atoms with Gasteiger partial charge in [0.2, 0.25) is 5.91 Å². The van der Waals surface area contributed by atoms with E-state index in [1.807, 2.05) is 36.4 Å². The van der Waals surface area contributed by atoms with Crippen LogP contribution in [0, 0.1) is 0 Å². The average Bonchev–Trinajstić information content (AvgIpc) is 3.04. The molecule has 0 aliphatic carbocycles. The van der Waals surface area contributed by atoms with Crippen molar-refractivity contribution in [1.82, 2.24) is 14.9 Å². The van der Waals surface area contributed by atoms with Gasteiger partial charge in [0.05, 0.1) is 18.5 Å². The summed E-state index contributed by atoms with van der Waals surface area (Å²) in [4.78, 5) is 29.7. The molecule has 0 saturated heterocycles. The molecule has 1 N–H and O–H groups in total. The first kappa shape index (κ1) is 16.4. The lowest BCUT2D eigenvalue weighted by Crippen LogP contribution is -2.33. The molecule has 3 aromatic rings. The number of aromatic nitrogens is 2. The second kappa shape index (κ2) is 7.37. The highest BCUT2D eigenvalue weighted by Gasteiger charge is 2.12. The Labute approximate surface area is 142 Å². The van der Waals surface area contributed by atoms with Gasteiger partial charge < -0.3 is 10.1 Å². The molecule has 0 unspecified atom stereocenters. The molecule has 1 aromatic carbocycles. The van der Waals surface area contributed by atoms with Crippen LogP contribution < -0.4 is 10.9 Å². The number of nitrogens with one attached hydrogen (secondary N) is 1. The van der Waals surface area contributed by atoms with Gasteiger partial charge in [-0.05, 0) is 11.6 Å². The van der Waals surface area contributed by atoms with Crippen LogP contribution in [0.15, 0.2) is 47.5 Å². The maximum Gasteiger partial charge on any atom is 0.271 e. The number of fused-ring (bicyclic) bond motifs is 1. The predicted octanol–water partition coefficient (Wildman–Crippen LogP) is 1.89. The molecule has 0 aliphatic rings. The van der Waals surface area contributed by atoms with E-state index < -0.39 is 0 Å². The van der Waals surface area contributed by atoms with Gasteiger partial charge >= 0.3 is 0 Å². The molecule has 0 atom stereocenters. The summed E-state index contributed by atoms with van der Waals surface area (Å²) in [6.07, 6.45) is 1.42. The minimum atomic E-state index is -0.241. The third kappa shape index (κ3) is 3.52. The second-order valence-electron chi connectivity index (χ2n) is 5.21. The van der Waals surface area contributed by atoms with Crippen molar-refractivity contribution in [2.75, 3.05) is 20.3 Å². The molecule has 3 rings (SSSR count). The summed E-state index contributed by atoms with van der Waals surface area (Å²) in [6.45, 7) is 0.796. The number of methoxy groups -OCH3 is 1. The molecular formula is C17H17N3O3S. The Bertz CT molecular complexity index is 902. The Morgan fingerprint density at radius 3 is 2.88 bits per heavy atom. The highest BCUT2D eigenvalue weighted by Crippen LogP contribution is 2.30. The molecule has 6 nitrogen and oxygen atoms in total. The van der Waals surface area contributed by atoms with Gasteiger partial charge in [-0.3, -0.25) is 14.2 Å². The van der Waals surface area contributed by atoms with E-state index in [1.54, 1.807) is 7.11 Å². The number of carbonyl (C=O) groups excluding carboxylic acids is 1. The fourth-order valence-electron chi connectivity index (χ4n) is 2.31. The molecule has 2 aromatic heterocycles. The molecule has 0 bridgehead atoms. The highest BCUT2D eigenvalue weighted by molar-refractivity contribution is 7.22. The van der Waals surface area contributed by atoms with Crippen LogP contribution >= 0.6 is 11.3 Å². The van der Waals surface area contributed by atoms with E-state index in [1.165, 1.54) is 22.2 Å². The Hall–Kier alpha value is -2.51. The predicted molar refractivity (Wildman–Crippen MR) is 94.2 cm³/mol. The summed E-state index contributed by atoms with van der Waals surface area (Å²) in [6, 6.07) is 11.7. The van der Waals surface area contributed by atoms with Crippen molar-refractivity contribution in [3.63, 3.8) is 0 Å². The van der Waals surface area contributed by atoms with Crippen LogP contribution in [-0.4, -0.2) is 35.7 Å². The minimum absolute atomic E-state index is 0.0515. The van der Waals surface area contributed by atoms with Gasteiger partial charge in [-0.2, -0.15) is 0 Å². The van der Waals surface area contributed by atoms with Crippen LogP contribution in [0.3, 0.4) is 0 Å². The first-order chi connectivity index (χ1) is 11.7. The van der Waals surface area contributed by atoms with E-state index in [-0.39, 0.29) is 18.0 Å². The zero-order chi connectivity index (χ0) is 16.9. The van der Waals surface area contributed by atoms with Crippen LogP contribution in [0.25, 0.3) is 20.7 Å². The van der Waals surface area contributed by atoms with E-state index in [4.69, 9.17) is 4.74 Å². The molecule has 2 heterocycles. The number of ether oxygens (including phenoxy) is 1. The quantitative estimate of drug-likeness (QED) is 0.694. The van der Waals surface area contributed by atoms with Gasteiger partial charge in [0.1, 0.15) is 11.2 Å². The fraction of sp³-hybridized carbons (Fsp3) is 0.235. The van der Waals surface area contributed by atoms with Gasteiger partial charge in [0.15, 0.2) is 0 Å². The van der Waals surface area contributed by atoms with Gasteiger partial charge in [0.25, 0.3) is 5.56 Å². The summed E-state index contributed by atoms with van der Waals surface area (Å²) in [5.41, 5.74) is 1.50. The molecule has 0 spiro atoms. The van der Waals surface area contributed by atoms with E-state index in [2.05, 4.69) is 10.3 Å². The summed E-state index contributed by atoms with van der Waals surface area (Å²) in [7, 11) is 1.57. The fourth-order valence-corrected chi connectivity index (χ4v) is 3.37. The zero-order valence-corrected chi connectivity index (χ0v) is 14.0. The minimum Gasteiger partial charge on any atom is -0.383 e. The van der Waals surface area contributed by atoms with Crippen molar-refractivity contribution in [1.29, 1.82) is 0 Å². The Morgan fingerprint density at radius 1 is 1.33 bits per heavy atom. The van der Waals surface area contributed by atoms with Crippen molar-refractivity contribution in [2.24, 2.45) is 0 Å². The molecule has 0 saturated carbocycles. The van der Waals surface area contributed by atoms with E-state index in [0.29, 0.717) is 23.4 Å². The van der Waals surface area contributed by atoms with Crippen LogP contribution in [0.4, 0.5) is 0 Å². The first-order valence-corrected chi connectivity index (χ1v) is 8.30. The number of amides is 1. The van der Waals surface area contributed by atoms with Crippen LogP contribution in [0.1, 0.15) is 0 Å². The lowest BCUT2D eigenvalue weighted by molar-refractivity contribution is -0.121. The molecule has 0 aliphatic heterocycles. The summed E-state index contributed by atoms with van der Waals surface area (Å²) >= 11 is 1.39. The standard InChI is InChI=1S/C17H17N3O3S/c1-23-8-7-18-15(21)10-20-11-19-13-9-14(24-16(13)17(20)22)12-5-3-2-4-6-12/h2-6,9,11H,7-8,10H2,1H3,(H,18,21). The molecule has 7 heteroatoms. The van der Waals surface area contributed by atoms with Gasteiger partial charge in [-0.25, -0.2) is 4.98 Å². The number of thiophene rings is 1. The van der Waals surface area contributed by atoms with Gasteiger partial charge in [-0.1, -0.05) is 30.3 Å².